The van der Waals surface area contributed by atoms with E-state index < -0.39 is 6.10 Å². The lowest BCUT2D eigenvalue weighted by Gasteiger charge is -2.26. The first kappa shape index (κ1) is 13.9. The molecule has 0 saturated carbocycles. The molecule has 1 aliphatic heterocycles. The molecular weight excluding hydrogens is 332 g/mol. The van der Waals surface area contributed by atoms with Crippen molar-refractivity contribution in [2.75, 3.05) is 17.2 Å². The molecule has 21 heavy (non-hydrogen) atoms. The zero-order chi connectivity index (χ0) is 14.8. The topological polar surface area (TPSA) is 50.4 Å². The highest BCUT2D eigenvalue weighted by Crippen LogP contribution is 2.28. The third-order valence-electron chi connectivity index (χ3n) is 3.37. The predicted molar refractivity (Wildman–Crippen MR) is 86.9 cm³/mol. The van der Waals surface area contributed by atoms with Crippen molar-refractivity contribution in [2.45, 2.75) is 13.0 Å². The number of benzene rings is 2. The number of carbonyl (C=O) groups is 1. The lowest BCUT2D eigenvalue weighted by molar-refractivity contribution is -0.122. The van der Waals surface area contributed by atoms with Crippen molar-refractivity contribution in [3.05, 3.63) is 52.5 Å². The molecule has 1 amide bonds. The quantitative estimate of drug-likeness (QED) is 0.873. The summed E-state index contributed by atoms with van der Waals surface area (Å²) in [7, 11) is 0. The Kier molecular flexibility index (Phi) is 3.84. The number of hydrogen-bond acceptors (Lipinski definition) is 3. The van der Waals surface area contributed by atoms with Crippen LogP contribution in [0.25, 0.3) is 0 Å². The SMILES string of the molecule is Cc1ccc(NC(=O)C2CNc3ccccc3O2)cc1Br. The van der Waals surface area contributed by atoms with Gasteiger partial charge in [0.05, 0.1) is 12.2 Å². The van der Waals surface area contributed by atoms with Crippen molar-refractivity contribution >= 4 is 33.2 Å². The number of halogens is 1. The van der Waals surface area contributed by atoms with Gasteiger partial charge in [-0.25, -0.2) is 0 Å². The Morgan fingerprint density at radius 2 is 2.14 bits per heavy atom. The van der Waals surface area contributed by atoms with Gasteiger partial charge in [0, 0.05) is 10.2 Å². The first-order valence-electron chi connectivity index (χ1n) is 6.70. The number of hydrogen-bond donors (Lipinski definition) is 2. The fourth-order valence-electron chi connectivity index (χ4n) is 2.15. The molecule has 2 N–H and O–H groups in total. The average Bonchev–Trinajstić information content (AvgIpc) is 2.50. The van der Waals surface area contributed by atoms with Crippen molar-refractivity contribution in [1.82, 2.24) is 0 Å². The molecule has 0 bridgehead atoms. The number of nitrogens with one attached hydrogen (secondary N) is 2. The predicted octanol–water partition coefficient (Wildman–Crippen LogP) is 3.57. The smallest absolute Gasteiger partial charge is 0.267 e. The van der Waals surface area contributed by atoms with E-state index in [0.717, 1.165) is 21.4 Å². The van der Waals surface area contributed by atoms with Crippen molar-refractivity contribution in [1.29, 1.82) is 0 Å². The minimum absolute atomic E-state index is 0.159. The molecule has 1 aliphatic rings. The van der Waals surface area contributed by atoms with Crippen molar-refractivity contribution in [2.24, 2.45) is 0 Å². The van der Waals surface area contributed by atoms with Crippen LogP contribution in [0.3, 0.4) is 0 Å². The molecular formula is C16H15BrN2O2. The Bertz CT molecular complexity index is 688. The normalized spacial score (nSPS) is 16.4. The number of aryl methyl sites for hydroxylation is 1. The molecule has 0 saturated heterocycles. The van der Waals surface area contributed by atoms with Gasteiger partial charge in [-0.2, -0.15) is 0 Å². The van der Waals surface area contributed by atoms with Gasteiger partial charge < -0.3 is 15.4 Å². The Balaban J connectivity index is 1.70. The van der Waals surface area contributed by atoms with E-state index >= 15 is 0 Å². The van der Waals surface area contributed by atoms with E-state index in [-0.39, 0.29) is 5.91 Å². The molecule has 3 rings (SSSR count). The van der Waals surface area contributed by atoms with Gasteiger partial charge in [0.25, 0.3) is 5.91 Å². The van der Waals surface area contributed by atoms with Crippen LogP contribution in [0.4, 0.5) is 11.4 Å². The zero-order valence-electron chi connectivity index (χ0n) is 11.5. The van der Waals surface area contributed by atoms with Gasteiger partial charge in [-0.15, -0.1) is 0 Å². The minimum atomic E-state index is -0.542. The minimum Gasteiger partial charge on any atom is -0.477 e. The van der Waals surface area contributed by atoms with Crippen LogP contribution in [-0.4, -0.2) is 18.6 Å². The Morgan fingerprint density at radius 1 is 1.33 bits per heavy atom. The van der Waals surface area contributed by atoms with Gasteiger partial charge >= 0.3 is 0 Å². The summed E-state index contributed by atoms with van der Waals surface area (Å²) in [5.41, 5.74) is 2.79. The summed E-state index contributed by atoms with van der Waals surface area (Å²) in [5, 5.41) is 6.08. The van der Waals surface area contributed by atoms with Gasteiger partial charge in [0.15, 0.2) is 6.10 Å². The van der Waals surface area contributed by atoms with Gasteiger partial charge in [-0.3, -0.25) is 4.79 Å². The Hall–Kier alpha value is -2.01. The van der Waals surface area contributed by atoms with Crippen LogP contribution in [0.2, 0.25) is 0 Å². The van der Waals surface area contributed by atoms with Crippen molar-refractivity contribution in [3.8, 4) is 5.75 Å². The summed E-state index contributed by atoms with van der Waals surface area (Å²) in [6.07, 6.45) is -0.542. The van der Waals surface area contributed by atoms with Gasteiger partial charge in [-0.05, 0) is 36.8 Å². The first-order valence-corrected chi connectivity index (χ1v) is 7.49. The molecule has 0 fully saturated rings. The van der Waals surface area contributed by atoms with Gasteiger partial charge in [-0.1, -0.05) is 34.1 Å². The van der Waals surface area contributed by atoms with Gasteiger partial charge in [0.2, 0.25) is 0 Å². The van der Waals surface area contributed by atoms with E-state index in [0.29, 0.717) is 12.3 Å². The standard InChI is InChI=1S/C16H15BrN2O2/c1-10-6-7-11(8-12(10)17)19-16(20)15-9-18-13-4-2-3-5-14(13)21-15/h2-8,15,18H,9H2,1H3,(H,19,20). The maximum absolute atomic E-state index is 12.3. The summed E-state index contributed by atoms with van der Waals surface area (Å²) in [5.74, 6) is 0.543. The lowest BCUT2D eigenvalue weighted by Crippen LogP contribution is -2.41. The zero-order valence-corrected chi connectivity index (χ0v) is 13.1. The number of amides is 1. The molecule has 0 aliphatic carbocycles. The summed E-state index contributed by atoms with van der Waals surface area (Å²) >= 11 is 3.46. The fourth-order valence-corrected chi connectivity index (χ4v) is 2.53. The molecule has 0 aromatic heterocycles. The lowest BCUT2D eigenvalue weighted by atomic mass is 10.2. The molecule has 108 valence electrons. The largest absolute Gasteiger partial charge is 0.477 e. The molecule has 1 heterocycles. The number of anilines is 2. The molecule has 2 aromatic rings. The van der Waals surface area contributed by atoms with Gasteiger partial charge in [0.1, 0.15) is 5.75 Å². The Morgan fingerprint density at radius 3 is 2.95 bits per heavy atom. The molecule has 0 spiro atoms. The molecule has 2 aromatic carbocycles. The molecule has 4 nitrogen and oxygen atoms in total. The highest BCUT2D eigenvalue weighted by molar-refractivity contribution is 9.10. The monoisotopic (exact) mass is 346 g/mol. The average molecular weight is 347 g/mol. The van der Waals surface area contributed by atoms with Crippen LogP contribution in [0.15, 0.2) is 46.9 Å². The van der Waals surface area contributed by atoms with Crippen LogP contribution in [0.5, 0.6) is 5.75 Å². The van der Waals surface area contributed by atoms with Crippen molar-refractivity contribution < 1.29 is 9.53 Å². The van der Waals surface area contributed by atoms with E-state index in [4.69, 9.17) is 4.74 Å². The Labute approximate surface area is 131 Å². The summed E-state index contributed by atoms with van der Waals surface area (Å²) < 4.78 is 6.70. The van der Waals surface area contributed by atoms with E-state index in [2.05, 4.69) is 26.6 Å². The van der Waals surface area contributed by atoms with E-state index in [1.54, 1.807) is 0 Å². The molecule has 1 unspecified atom stereocenters. The van der Waals surface area contributed by atoms with Crippen molar-refractivity contribution in [3.63, 3.8) is 0 Å². The summed E-state index contributed by atoms with van der Waals surface area (Å²) in [4.78, 5) is 12.3. The highest BCUT2D eigenvalue weighted by Gasteiger charge is 2.25. The van der Waals surface area contributed by atoms with Crippen LogP contribution in [-0.2, 0) is 4.79 Å². The number of fused-ring (bicyclic) bond motifs is 1. The van der Waals surface area contributed by atoms with E-state index in [1.165, 1.54) is 0 Å². The number of rotatable bonds is 2. The summed E-state index contributed by atoms with van der Waals surface area (Å²) in [6, 6.07) is 13.3. The van der Waals surface area contributed by atoms with E-state index in [1.807, 2.05) is 49.4 Å². The second-order valence-electron chi connectivity index (χ2n) is 4.94. The van der Waals surface area contributed by atoms with Crippen LogP contribution >= 0.6 is 15.9 Å². The van der Waals surface area contributed by atoms with Crippen LogP contribution in [0.1, 0.15) is 5.56 Å². The third-order valence-corrected chi connectivity index (χ3v) is 4.22. The highest BCUT2D eigenvalue weighted by atomic mass is 79.9. The maximum Gasteiger partial charge on any atom is 0.267 e. The number of para-hydroxylation sites is 2. The second kappa shape index (κ2) is 5.77. The molecule has 0 radical (unpaired) electrons. The number of carbonyl (C=O) groups excluding carboxylic acids is 1. The summed E-state index contributed by atoms with van der Waals surface area (Å²) in [6.45, 7) is 2.46. The fraction of sp³-hybridized carbons (Fsp3) is 0.188. The third kappa shape index (κ3) is 3.03. The maximum atomic E-state index is 12.3. The first-order chi connectivity index (χ1) is 10.1. The van der Waals surface area contributed by atoms with E-state index in [9.17, 15) is 4.79 Å². The second-order valence-corrected chi connectivity index (χ2v) is 5.79. The molecule has 1 atom stereocenters. The van der Waals surface area contributed by atoms with Crippen LogP contribution < -0.4 is 15.4 Å². The van der Waals surface area contributed by atoms with Crippen LogP contribution in [0, 0.1) is 6.92 Å². The molecule has 5 heteroatoms. The number of ether oxygens (including phenoxy) is 1.